The van der Waals surface area contributed by atoms with E-state index in [-0.39, 0.29) is 34.0 Å². The molecule has 1 aliphatic heterocycles. The average Bonchev–Trinajstić information content (AvgIpc) is 2.74. The van der Waals surface area contributed by atoms with Gasteiger partial charge in [0.05, 0.1) is 13.0 Å². The quantitative estimate of drug-likeness (QED) is 0.680. The molecule has 2 amide bonds. The van der Waals surface area contributed by atoms with Gasteiger partial charge in [0.1, 0.15) is 10.6 Å². The Morgan fingerprint density at radius 3 is 2.35 bits per heavy atom. The van der Waals surface area contributed by atoms with Gasteiger partial charge in [0.15, 0.2) is 0 Å². The smallest absolute Gasteiger partial charge is 0.246 e. The van der Waals surface area contributed by atoms with E-state index in [1.807, 2.05) is 0 Å². The van der Waals surface area contributed by atoms with Gasteiger partial charge in [-0.1, -0.05) is 11.6 Å². The van der Waals surface area contributed by atoms with Gasteiger partial charge in [-0.15, -0.1) is 0 Å². The van der Waals surface area contributed by atoms with Crippen LogP contribution in [0.5, 0.6) is 5.75 Å². The zero-order valence-corrected chi connectivity index (χ0v) is 18.8. The van der Waals surface area contributed by atoms with Gasteiger partial charge in [-0.05, 0) is 55.3 Å². The summed E-state index contributed by atoms with van der Waals surface area (Å²) >= 11 is 6.00. The lowest BCUT2D eigenvalue weighted by Crippen LogP contribution is -2.43. The van der Waals surface area contributed by atoms with Crippen molar-refractivity contribution in [3.63, 3.8) is 0 Å². The molecule has 2 aromatic rings. The van der Waals surface area contributed by atoms with E-state index in [0.29, 0.717) is 30.8 Å². The Balaban J connectivity index is 1.72. The predicted molar refractivity (Wildman–Crippen MR) is 119 cm³/mol. The van der Waals surface area contributed by atoms with Crippen LogP contribution in [-0.2, 0) is 19.6 Å². The molecular weight excluding hydrogens is 442 g/mol. The molecule has 0 saturated carbocycles. The van der Waals surface area contributed by atoms with Crippen LogP contribution in [0.25, 0.3) is 0 Å². The Kier molecular flexibility index (Phi) is 7.19. The summed E-state index contributed by atoms with van der Waals surface area (Å²) in [5.74, 6) is -0.735. The largest absolute Gasteiger partial charge is 0.495 e. The number of hydrogen-bond acceptors (Lipinski definition) is 5. The molecular formula is C21H24ClN3O5S. The lowest BCUT2D eigenvalue weighted by molar-refractivity contribution is -0.121. The number of benzene rings is 2. The van der Waals surface area contributed by atoms with E-state index >= 15 is 0 Å². The van der Waals surface area contributed by atoms with Crippen molar-refractivity contribution in [1.29, 1.82) is 0 Å². The highest BCUT2D eigenvalue weighted by Gasteiger charge is 2.35. The fraction of sp³-hybridized carbons (Fsp3) is 0.333. The summed E-state index contributed by atoms with van der Waals surface area (Å²) in [7, 11) is -2.49. The van der Waals surface area contributed by atoms with Crippen LogP contribution >= 0.6 is 11.6 Å². The monoisotopic (exact) mass is 465 g/mol. The van der Waals surface area contributed by atoms with Crippen LogP contribution in [0.3, 0.4) is 0 Å². The molecule has 31 heavy (non-hydrogen) atoms. The first kappa shape index (κ1) is 23.1. The van der Waals surface area contributed by atoms with Crippen molar-refractivity contribution < 1.29 is 22.7 Å². The highest BCUT2D eigenvalue weighted by Crippen LogP contribution is 2.32. The second-order valence-electron chi connectivity index (χ2n) is 7.25. The molecule has 3 rings (SSSR count). The number of hydrogen-bond donors (Lipinski definition) is 2. The second kappa shape index (κ2) is 9.67. The van der Waals surface area contributed by atoms with Gasteiger partial charge in [-0.3, -0.25) is 9.59 Å². The molecule has 0 unspecified atom stereocenters. The molecule has 1 atom stereocenters. The van der Waals surface area contributed by atoms with E-state index in [4.69, 9.17) is 16.3 Å². The van der Waals surface area contributed by atoms with Crippen molar-refractivity contribution in [3.05, 3.63) is 47.5 Å². The number of carbonyl (C=O) groups excluding carboxylic acids is 2. The van der Waals surface area contributed by atoms with Crippen molar-refractivity contribution in [2.45, 2.75) is 24.7 Å². The highest BCUT2D eigenvalue weighted by atomic mass is 35.5. The lowest BCUT2D eigenvalue weighted by Gasteiger charge is -2.31. The number of amides is 2. The molecule has 2 N–H and O–H groups in total. The Hall–Kier alpha value is -2.62. The number of nitrogens with one attached hydrogen (secondary N) is 2. The van der Waals surface area contributed by atoms with Gasteiger partial charge in [-0.25, -0.2) is 8.42 Å². The molecule has 166 valence electrons. The number of anilines is 2. The van der Waals surface area contributed by atoms with Crippen molar-refractivity contribution in [3.8, 4) is 5.75 Å². The molecule has 10 heteroatoms. The van der Waals surface area contributed by atoms with Gasteiger partial charge in [0.25, 0.3) is 0 Å². The topological polar surface area (TPSA) is 105 Å². The van der Waals surface area contributed by atoms with Gasteiger partial charge in [-0.2, -0.15) is 4.31 Å². The van der Waals surface area contributed by atoms with Crippen LogP contribution in [-0.4, -0.2) is 44.7 Å². The minimum atomic E-state index is -3.88. The first-order valence-corrected chi connectivity index (χ1v) is 11.5. The second-order valence-corrected chi connectivity index (χ2v) is 9.59. The SMILES string of the molecule is COc1ccc(Cl)cc1S(=O)(=O)N1CCC[C@@H](C(=O)Nc2ccc(NC(C)=O)cc2)C1. The molecule has 2 aromatic carbocycles. The molecule has 1 fully saturated rings. The number of sulfonamides is 1. The van der Waals surface area contributed by atoms with Gasteiger partial charge in [0.2, 0.25) is 21.8 Å². The van der Waals surface area contributed by atoms with Crippen molar-refractivity contribution in [1.82, 2.24) is 4.31 Å². The van der Waals surface area contributed by atoms with E-state index < -0.39 is 15.9 Å². The van der Waals surface area contributed by atoms with Crippen molar-refractivity contribution in [2.75, 3.05) is 30.8 Å². The van der Waals surface area contributed by atoms with E-state index in [0.717, 1.165) is 0 Å². The summed E-state index contributed by atoms with van der Waals surface area (Å²) in [6.45, 7) is 1.79. The summed E-state index contributed by atoms with van der Waals surface area (Å²) < 4.78 is 32.9. The molecule has 0 aliphatic carbocycles. The van der Waals surface area contributed by atoms with Crippen LogP contribution in [0, 0.1) is 5.92 Å². The molecule has 1 saturated heterocycles. The van der Waals surface area contributed by atoms with Gasteiger partial charge >= 0.3 is 0 Å². The molecule has 0 spiro atoms. The highest BCUT2D eigenvalue weighted by molar-refractivity contribution is 7.89. The fourth-order valence-electron chi connectivity index (χ4n) is 3.45. The first-order chi connectivity index (χ1) is 14.7. The lowest BCUT2D eigenvalue weighted by atomic mass is 9.98. The maximum atomic E-state index is 13.2. The van der Waals surface area contributed by atoms with Crippen molar-refractivity contribution in [2.24, 2.45) is 5.92 Å². The van der Waals surface area contributed by atoms with E-state index in [9.17, 15) is 18.0 Å². The third-order valence-corrected chi connectivity index (χ3v) is 7.09. The minimum Gasteiger partial charge on any atom is -0.495 e. The van der Waals surface area contributed by atoms with Crippen LogP contribution in [0.2, 0.25) is 5.02 Å². The maximum absolute atomic E-state index is 13.2. The first-order valence-electron chi connectivity index (χ1n) is 9.73. The summed E-state index contributed by atoms with van der Waals surface area (Å²) in [4.78, 5) is 23.9. The Morgan fingerprint density at radius 1 is 1.10 bits per heavy atom. The molecule has 1 aliphatic rings. The zero-order chi connectivity index (χ0) is 22.6. The number of ether oxygens (including phenoxy) is 1. The Bertz CT molecular complexity index is 1070. The molecule has 0 bridgehead atoms. The summed E-state index contributed by atoms with van der Waals surface area (Å²) in [5.41, 5.74) is 1.19. The number of rotatable bonds is 6. The number of piperidine rings is 1. The molecule has 0 aromatic heterocycles. The third-order valence-electron chi connectivity index (χ3n) is 4.97. The standard InChI is InChI=1S/C21H24ClN3O5S/c1-14(26)23-17-6-8-18(9-7-17)24-21(27)15-4-3-11-25(13-15)31(28,29)20-12-16(22)5-10-19(20)30-2/h5-10,12,15H,3-4,11,13H2,1-2H3,(H,23,26)(H,24,27)/t15-/m1/s1. The van der Waals surface area contributed by atoms with Crippen LogP contribution in [0.15, 0.2) is 47.4 Å². The number of carbonyl (C=O) groups is 2. The average molecular weight is 466 g/mol. The van der Waals surface area contributed by atoms with Crippen LogP contribution < -0.4 is 15.4 Å². The molecule has 8 nitrogen and oxygen atoms in total. The summed E-state index contributed by atoms with van der Waals surface area (Å²) in [6.07, 6.45) is 1.14. The summed E-state index contributed by atoms with van der Waals surface area (Å²) in [5, 5.41) is 5.76. The van der Waals surface area contributed by atoms with E-state index in [1.54, 1.807) is 30.3 Å². The van der Waals surface area contributed by atoms with Gasteiger partial charge < -0.3 is 15.4 Å². The number of nitrogens with zero attached hydrogens (tertiary/aromatic N) is 1. The molecule has 0 radical (unpaired) electrons. The Morgan fingerprint density at radius 2 is 1.74 bits per heavy atom. The van der Waals surface area contributed by atoms with Crippen LogP contribution in [0.1, 0.15) is 19.8 Å². The maximum Gasteiger partial charge on any atom is 0.246 e. The normalized spacial score (nSPS) is 17.1. The number of methoxy groups -OCH3 is 1. The fourth-order valence-corrected chi connectivity index (χ4v) is 5.39. The zero-order valence-electron chi connectivity index (χ0n) is 17.2. The van der Waals surface area contributed by atoms with E-state index in [2.05, 4.69) is 10.6 Å². The van der Waals surface area contributed by atoms with E-state index in [1.165, 1.54) is 30.5 Å². The van der Waals surface area contributed by atoms with Gasteiger partial charge in [0, 0.05) is 36.4 Å². The molecule has 1 heterocycles. The van der Waals surface area contributed by atoms with Crippen LogP contribution in [0.4, 0.5) is 11.4 Å². The summed E-state index contributed by atoms with van der Waals surface area (Å²) in [6, 6.07) is 11.1. The predicted octanol–water partition coefficient (Wildman–Crippen LogP) is 3.35. The number of halogens is 1. The minimum absolute atomic E-state index is 0.0166. The Labute approximate surface area is 186 Å². The van der Waals surface area contributed by atoms with Crippen molar-refractivity contribution >= 4 is 44.8 Å². The third kappa shape index (κ3) is 5.55.